The van der Waals surface area contributed by atoms with E-state index in [2.05, 4.69) is 15.3 Å². The molecule has 0 spiro atoms. The van der Waals surface area contributed by atoms with Crippen molar-refractivity contribution in [1.29, 1.82) is 0 Å². The molecule has 1 amide bonds. The Kier molecular flexibility index (Phi) is 4.71. The molecule has 6 heteroatoms. The number of aromatic nitrogens is 2. The number of carbonyl (C=O) groups excluding carboxylic acids is 1. The number of amides is 1. The summed E-state index contributed by atoms with van der Waals surface area (Å²) in [4.78, 5) is 22.7. The maximum Gasteiger partial charge on any atom is 0.224 e. The molecule has 1 aromatic carbocycles. The van der Waals surface area contributed by atoms with Crippen LogP contribution in [0, 0.1) is 0 Å². The lowest BCUT2D eigenvalue weighted by atomic mass is 10.2. The van der Waals surface area contributed by atoms with Gasteiger partial charge in [0.25, 0.3) is 0 Å². The number of rotatable bonds is 4. The standard InChI is InChI=1S/C17H22N4O2/c1-12-9-21(10-13(2)23-12)16(22)7-8-18-17-14-5-3-4-6-15(14)19-11-20-17/h3-6,11-13H,7-10H2,1-2H3,(H,18,19,20)/t12-,13+. The summed E-state index contributed by atoms with van der Waals surface area (Å²) >= 11 is 0. The Morgan fingerprint density at radius 3 is 2.78 bits per heavy atom. The van der Waals surface area contributed by atoms with E-state index in [4.69, 9.17) is 4.74 Å². The monoisotopic (exact) mass is 314 g/mol. The van der Waals surface area contributed by atoms with Crippen LogP contribution in [0.25, 0.3) is 10.9 Å². The Balaban J connectivity index is 1.57. The molecule has 1 N–H and O–H groups in total. The highest BCUT2D eigenvalue weighted by Gasteiger charge is 2.25. The summed E-state index contributed by atoms with van der Waals surface area (Å²) in [6.07, 6.45) is 2.18. The molecule has 1 saturated heterocycles. The smallest absolute Gasteiger partial charge is 0.224 e. The van der Waals surface area contributed by atoms with Gasteiger partial charge in [-0.15, -0.1) is 0 Å². The summed E-state index contributed by atoms with van der Waals surface area (Å²) in [5.74, 6) is 0.921. The van der Waals surface area contributed by atoms with Crippen LogP contribution >= 0.6 is 0 Å². The molecule has 23 heavy (non-hydrogen) atoms. The normalized spacial score (nSPS) is 21.4. The molecule has 2 atom stereocenters. The van der Waals surface area contributed by atoms with Crippen LogP contribution in [0.4, 0.5) is 5.82 Å². The predicted octanol–water partition coefficient (Wildman–Crippen LogP) is 2.07. The molecule has 122 valence electrons. The minimum absolute atomic E-state index is 0.0986. The summed E-state index contributed by atoms with van der Waals surface area (Å²) in [6, 6.07) is 7.83. The number of nitrogens with one attached hydrogen (secondary N) is 1. The first-order chi connectivity index (χ1) is 11.1. The zero-order chi connectivity index (χ0) is 16.2. The molecule has 1 aliphatic rings. The number of hydrogen-bond acceptors (Lipinski definition) is 5. The maximum absolute atomic E-state index is 12.3. The fraction of sp³-hybridized carbons (Fsp3) is 0.471. The molecule has 1 fully saturated rings. The third-order valence-electron chi connectivity index (χ3n) is 3.95. The van der Waals surface area contributed by atoms with Gasteiger partial charge in [-0.05, 0) is 26.0 Å². The van der Waals surface area contributed by atoms with Crippen molar-refractivity contribution in [1.82, 2.24) is 14.9 Å². The number of benzene rings is 1. The van der Waals surface area contributed by atoms with E-state index in [1.54, 1.807) is 0 Å². The highest BCUT2D eigenvalue weighted by Crippen LogP contribution is 2.18. The van der Waals surface area contributed by atoms with Gasteiger partial charge >= 0.3 is 0 Å². The molecule has 1 aliphatic heterocycles. The first kappa shape index (κ1) is 15.7. The molecule has 0 bridgehead atoms. The Hall–Kier alpha value is -2.21. The third-order valence-corrected chi connectivity index (χ3v) is 3.95. The molecule has 6 nitrogen and oxygen atoms in total. The van der Waals surface area contributed by atoms with Crippen LogP contribution in [0.3, 0.4) is 0 Å². The van der Waals surface area contributed by atoms with Gasteiger partial charge in [-0.2, -0.15) is 0 Å². The fourth-order valence-corrected chi connectivity index (χ4v) is 2.97. The molecular formula is C17H22N4O2. The quantitative estimate of drug-likeness (QED) is 0.936. The number of anilines is 1. The number of nitrogens with zero attached hydrogens (tertiary/aromatic N) is 3. The zero-order valence-corrected chi connectivity index (χ0v) is 13.5. The number of morpholine rings is 1. The van der Waals surface area contributed by atoms with Crippen molar-refractivity contribution in [3.63, 3.8) is 0 Å². The summed E-state index contributed by atoms with van der Waals surface area (Å²) in [7, 11) is 0. The first-order valence-electron chi connectivity index (χ1n) is 8.00. The lowest BCUT2D eigenvalue weighted by molar-refractivity contribution is -0.142. The Labute approximate surface area is 135 Å². The van der Waals surface area contributed by atoms with Crippen LogP contribution in [0.5, 0.6) is 0 Å². The number of carbonyl (C=O) groups is 1. The van der Waals surface area contributed by atoms with E-state index in [1.165, 1.54) is 6.33 Å². The number of para-hydroxylation sites is 1. The van der Waals surface area contributed by atoms with Crippen molar-refractivity contribution < 1.29 is 9.53 Å². The van der Waals surface area contributed by atoms with Crippen LogP contribution < -0.4 is 5.32 Å². The Morgan fingerprint density at radius 1 is 1.26 bits per heavy atom. The van der Waals surface area contributed by atoms with E-state index < -0.39 is 0 Å². The lowest BCUT2D eigenvalue weighted by Crippen LogP contribution is -2.48. The second kappa shape index (κ2) is 6.91. The molecule has 0 radical (unpaired) electrons. The molecule has 2 aromatic rings. The van der Waals surface area contributed by atoms with Gasteiger partial charge in [0.2, 0.25) is 5.91 Å². The largest absolute Gasteiger partial charge is 0.372 e. The number of hydrogen-bond donors (Lipinski definition) is 1. The fourth-order valence-electron chi connectivity index (χ4n) is 2.97. The van der Waals surface area contributed by atoms with Crippen molar-refractivity contribution in [2.24, 2.45) is 0 Å². The summed E-state index contributed by atoms with van der Waals surface area (Å²) in [5, 5.41) is 4.22. The third kappa shape index (κ3) is 3.76. The Bertz CT molecular complexity index is 676. The zero-order valence-electron chi connectivity index (χ0n) is 13.5. The molecule has 2 heterocycles. The van der Waals surface area contributed by atoms with E-state index in [0.717, 1.165) is 16.7 Å². The van der Waals surface area contributed by atoms with Gasteiger partial charge in [0.15, 0.2) is 0 Å². The van der Waals surface area contributed by atoms with Gasteiger partial charge in [-0.3, -0.25) is 4.79 Å². The molecule has 0 saturated carbocycles. The van der Waals surface area contributed by atoms with Gasteiger partial charge in [0.1, 0.15) is 12.1 Å². The van der Waals surface area contributed by atoms with Crippen molar-refractivity contribution in [2.45, 2.75) is 32.5 Å². The van der Waals surface area contributed by atoms with E-state index in [-0.39, 0.29) is 18.1 Å². The SMILES string of the molecule is C[C@@H]1CN(C(=O)CCNc2ncnc3ccccc23)C[C@H](C)O1. The molecule has 0 unspecified atom stereocenters. The van der Waals surface area contributed by atoms with Gasteiger partial charge < -0.3 is 15.0 Å². The van der Waals surface area contributed by atoms with Crippen molar-refractivity contribution in [2.75, 3.05) is 25.0 Å². The second-order valence-corrected chi connectivity index (χ2v) is 5.97. The van der Waals surface area contributed by atoms with Crippen molar-refractivity contribution in [3.05, 3.63) is 30.6 Å². The molecule has 3 rings (SSSR count). The number of ether oxygens (including phenoxy) is 1. The molecule has 1 aromatic heterocycles. The van der Waals surface area contributed by atoms with Crippen LogP contribution in [-0.2, 0) is 9.53 Å². The topological polar surface area (TPSA) is 67.4 Å². The van der Waals surface area contributed by atoms with Crippen LogP contribution in [-0.4, -0.2) is 52.6 Å². The minimum Gasteiger partial charge on any atom is -0.372 e. The van der Waals surface area contributed by atoms with Gasteiger partial charge in [-0.25, -0.2) is 9.97 Å². The highest BCUT2D eigenvalue weighted by atomic mass is 16.5. The van der Waals surface area contributed by atoms with Crippen molar-refractivity contribution >= 4 is 22.6 Å². The van der Waals surface area contributed by atoms with Crippen LogP contribution in [0.1, 0.15) is 20.3 Å². The van der Waals surface area contributed by atoms with E-state index >= 15 is 0 Å². The van der Waals surface area contributed by atoms with Crippen LogP contribution in [0.15, 0.2) is 30.6 Å². The summed E-state index contributed by atoms with van der Waals surface area (Å²) < 4.78 is 5.66. The van der Waals surface area contributed by atoms with E-state index in [0.29, 0.717) is 26.1 Å². The number of fused-ring (bicyclic) bond motifs is 1. The van der Waals surface area contributed by atoms with Gasteiger partial charge in [0.05, 0.1) is 17.7 Å². The summed E-state index contributed by atoms with van der Waals surface area (Å²) in [6.45, 7) is 5.89. The first-order valence-corrected chi connectivity index (χ1v) is 8.00. The average Bonchev–Trinajstić information content (AvgIpc) is 2.54. The van der Waals surface area contributed by atoms with Gasteiger partial charge in [0, 0.05) is 31.4 Å². The minimum atomic E-state index is 0.0986. The van der Waals surface area contributed by atoms with Crippen molar-refractivity contribution in [3.8, 4) is 0 Å². The average molecular weight is 314 g/mol. The van der Waals surface area contributed by atoms with Gasteiger partial charge in [-0.1, -0.05) is 12.1 Å². The second-order valence-electron chi connectivity index (χ2n) is 5.97. The highest BCUT2D eigenvalue weighted by molar-refractivity contribution is 5.88. The molecular weight excluding hydrogens is 292 g/mol. The Morgan fingerprint density at radius 2 is 2.00 bits per heavy atom. The van der Waals surface area contributed by atoms with Crippen LogP contribution in [0.2, 0.25) is 0 Å². The molecule has 0 aliphatic carbocycles. The predicted molar refractivity (Wildman–Crippen MR) is 89.2 cm³/mol. The van der Waals surface area contributed by atoms with E-state index in [9.17, 15) is 4.79 Å². The maximum atomic E-state index is 12.3. The van der Waals surface area contributed by atoms with E-state index in [1.807, 2.05) is 43.0 Å². The summed E-state index contributed by atoms with van der Waals surface area (Å²) in [5.41, 5.74) is 0.896. The lowest BCUT2D eigenvalue weighted by Gasteiger charge is -2.35.